The molecule has 1 atom stereocenters. The smallest absolute Gasteiger partial charge is 0.326 e. The molecule has 4 N–H and O–H groups in total. The Morgan fingerprint density at radius 1 is 1.33 bits per heavy atom. The highest BCUT2D eigenvalue weighted by molar-refractivity contribution is 8.00. The number of halogens is 2. The predicted octanol–water partition coefficient (Wildman–Crippen LogP) is 1.53. The lowest BCUT2D eigenvalue weighted by molar-refractivity contribution is -0.143. The topological polar surface area (TPSA) is 109 Å². The number of thioether (sulfide) groups is 1. The summed E-state index contributed by atoms with van der Waals surface area (Å²) >= 11 is 12.9. The normalized spacial score (nSPS) is 11.7. The van der Waals surface area contributed by atoms with Gasteiger partial charge in [0.2, 0.25) is 11.8 Å². The van der Waals surface area contributed by atoms with Crippen molar-refractivity contribution in [2.45, 2.75) is 17.4 Å². The fraction of sp³-hybridized carbons (Fsp3) is 0.250. The van der Waals surface area contributed by atoms with Crippen molar-refractivity contribution in [2.24, 2.45) is 5.73 Å². The monoisotopic (exact) mass is 350 g/mol. The van der Waals surface area contributed by atoms with E-state index in [9.17, 15) is 14.4 Å². The predicted molar refractivity (Wildman–Crippen MR) is 80.6 cm³/mol. The van der Waals surface area contributed by atoms with Crippen molar-refractivity contribution in [3.05, 3.63) is 28.2 Å². The van der Waals surface area contributed by atoms with Crippen LogP contribution < -0.4 is 11.1 Å². The summed E-state index contributed by atoms with van der Waals surface area (Å²) in [6.45, 7) is 0. The Labute approximate surface area is 135 Å². The minimum Gasteiger partial charge on any atom is -0.480 e. The first-order valence-corrected chi connectivity index (χ1v) is 7.42. The van der Waals surface area contributed by atoms with Crippen molar-refractivity contribution in [2.75, 3.05) is 5.75 Å². The Morgan fingerprint density at radius 2 is 2.00 bits per heavy atom. The van der Waals surface area contributed by atoms with Crippen LogP contribution in [0.4, 0.5) is 0 Å². The third-order valence-electron chi connectivity index (χ3n) is 2.29. The van der Waals surface area contributed by atoms with Gasteiger partial charge in [-0.2, -0.15) is 0 Å². The number of carbonyl (C=O) groups is 3. The molecule has 9 heteroatoms. The number of benzene rings is 1. The third-order valence-corrected chi connectivity index (χ3v) is 4.02. The quantitative estimate of drug-likeness (QED) is 0.646. The van der Waals surface area contributed by atoms with E-state index < -0.39 is 30.2 Å². The molecule has 0 radical (unpaired) electrons. The minimum atomic E-state index is -1.34. The Kier molecular flexibility index (Phi) is 6.80. The standard InChI is InChI=1S/C12H12Cl2N2O4S/c13-6-1-2-7(14)9(3-6)21-5-11(18)16-8(12(19)20)4-10(15)17/h1-3,8H,4-5H2,(H2,15,17)(H,16,18)(H,19,20)/t8-/m0/s1. The van der Waals surface area contributed by atoms with Crippen molar-refractivity contribution in [3.63, 3.8) is 0 Å². The van der Waals surface area contributed by atoms with Gasteiger partial charge in [0.25, 0.3) is 0 Å². The first-order chi connectivity index (χ1) is 9.79. The zero-order chi connectivity index (χ0) is 16.0. The summed E-state index contributed by atoms with van der Waals surface area (Å²) in [5.74, 6) is -2.76. The van der Waals surface area contributed by atoms with Crippen molar-refractivity contribution in [3.8, 4) is 0 Å². The van der Waals surface area contributed by atoms with Crippen molar-refractivity contribution < 1.29 is 19.5 Å². The van der Waals surface area contributed by atoms with Crippen molar-refractivity contribution in [1.29, 1.82) is 0 Å². The van der Waals surface area contributed by atoms with E-state index in [1.54, 1.807) is 18.2 Å². The summed E-state index contributed by atoms with van der Waals surface area (Å²) in [5, 5.41) is 12.0. The molecule has 114 valence electrons. The van der Waals surface area contributed by atoms with Gasteiger partial charge in [0, 0.05) is 9.92 Å². The van der Waals surface area contributed by atoms with Crippen LogP contribution >= 0.6 is 35.0 Å². The lowest BCUT2D eigenvalue weighted by Gasteiger charge is -2.12. The molecule has 0 heterocycles. The molecular weight excluding hydrogens is 339 g/mol. The number of hydrogen-bond acceptors (Lipinski definition) is 4. The molecule has 0 aromatic heterocycles. The number of primary amides is 1. The van der Waals surface area contributed by atoms with E-state index in [4.69, 9.17) is 34.0 Å². The molecule has 0 aliphatic carbocycles. The summed E-state index contributed by atoms with van der Waals surface area (Å²) in [7, 11) is 0. The number of nitrogens with one attached hydrogen (secondary N) is 1. The van der Waals surface area contributed by atoms with Gasteiger partial charge in [-0.05, 0) is 18.2 Å². The average Bonchev–Trinajstić information content (AvgIpc) is 2.38. The second kappa shape index (κ2) is 8.11. The lowest BCUT2D eigenvalue weighted by Crippen LogP contribution is -2.44. The molecule has 1 rings (SSSR count). The highest BCUT2D eigenvalue weighted by atomic mass is 35.5. The van der Waals surface area contributed by atoms with E-state index in [1.165, 1.54) is 0 Å². The summed E-state index contributed by atoms with van der Waals surface area (Å²) < 4.78 is 0. The summed E-state index contributed by atoms with van der Waals surface area (Å²) in [5.41, 5.74) is 4.92. The van der Waals surface area contributed by atoms with Crippen LogP contribution in [0.3, 0.4) is 0 Å². The van der Waals surface area contributed by atoms with Crippen LogP contribution in [-0.4, -0.2) is 34.7 Å². The Hall–Kier alpha value is -1.44. The molecule has 0 unspecified atom stereocenters. The molecular formula is C12H12Cl2N2O4S. The molecule has 0 fully saturated rings. The van der Waals surface area contributed by atoms with Gasteiger partial charge in [0.05, 0.1) is 17.2 Å². The van der Waals surface area contributed by atoms with Crippen LogP contribution in [-0.2, 0) is 14.4 Å². The molecule has 0 bridgehead atoms. The number of amides is 2. The highest BCUT2D eigenvalue weighted by Gasteiger charge is 2.22. The first-order valence-electron chi connectivity index (χ1n) is 5.68. The maximum Gasteiger partial charge on any atom is 0.326 e. The SMILES string of the molecule is NC(=O)C[C@H](NC(=O)CSc1cc(Cl)ccc1Cl)C(=O)O. The van der Waals surface area contributed by atoms with Gasteiger partial charge in [-0.15, -0.1) is 11.8 Å². The molecule has 1 aromatic rings. The largest absolute Gasteiger partial charge is 0.480 e. The number of carboxylic acids is 1. The van der Waals surface area contributed by atoms with Crippen molar-refractivity contribution >= 4 is 52.7 Å². The fourth-order valence-electron chi connectivity index (χ4n) is 1.37. The molecule has 1 aromatic carbocycles. The van der Waals surface area contributed by atoms with Gasteiger partial charge in [-0.25, -0.2) is 4.79 Å². The molecule has 21 heavy (non-hydrogen) atoms. The molecule has 0 spiro atoms. The van der Waals surface area contributed by atoms with Gasteiger partial charge in [-0.3, -0.25) is 9.59 Å². The van der Waals surface area contributed by atoms with Gasteiger partial charge >= 0.3 is 5.97 Å². The Morgan fingerprint density at radius 3 is 2.57 bits per heavy atom. The van der Waals surface area contributed by atoms with E-state index in [0.717, 1.165) is 11.8 Å². The maximum absolute atomic E-state index is 11.7. The van der Waals surface area contributed by atoms with Gasteiger partial charge in [0.1, 0.15) is 6.04 Å². The van der Waals surface area contributed by atoms with Gasteiger partial charge in [-0.1, -0.05) is 23.2 Å². The van der Waals surface area contributed by atoms with Crippen LogP contribution in [0.1, 0.15) is 6.42 Å². The van der Waals surface area contributed by atoms with E-state index in [1.807, 2.05) is 0 Å². The third kappa shape index (κ3) is 6.24. The lowest BCUT2D eigenvalue weighted by atomic mass is 10.2. The second-order valence-corrected chi connectivity index (χ2v) is 5.85. The number of carbonyl (C=O) groups excluding carboxylic acids is 2. The number of hydrogen-bond donors (Lipinski definition) is 3. The number of carboxylic acid groups (broad SMARTS) is 1. The number of aliphatic carboxylic acids is 1. The first kappa shape index (κ1) is 17.6. The molecule has 0 aliphatic rings. The van der Waals surface area contributed by atoms with Crippen LogP contribution in [0.2, 0.25) is 10.0 Å². The molecule has 2 amide bonds. The van der Waals surface area contributed by atoms with E-state index in [2.05, 4.69) is 5.32 Å². The highest BCUT2D eigenvalue weighted by Crippen LogP contribution is 2.29. The second-order valence-electron chi connectivity index (χ2n) is 3.99. The zero-order valence-corrected chi connectivity index (χ0v) is 13.0. The van der Waals surface area contributed by atoms with E-state index in [-0.39, 0.29) is 5.75 Å². The molecule has 0 saturated heterocycles. The Balaban J connectivity index is 2.58. The van der Waals surface area contributed by atoms with E-state index >= 15 is 0 Å². The fourth-order valence-corrected chi connectivity index (χ4v) is 2.67. The van der Waals surface area contributed by atoms with E-state index in [0.29, 0.717) is 14.9 Å². The minimum absolute atomic E-state index is 0.0669. The summed E-state index contributed by atoms with van der Waals surface area (Å²) in [6.07, 6.45) is -0.469. The molecule has 0 aliphatic heterocycles. The van der Waals surface area contributed by atoms with Gasteiger partial charge in [0.15, 0.2) is 0 Å². The molecule has 6 nitrogen and oxygen atoms in total. The molecule has 0 saturated carbocycles. The van der Waals surface area contributed by atoms with Crippen LogP contribution in [0.25, 0.3) is 0 Å². The van der Waals surface area contributed by atoms with Gasteiger partial charge < -0.3 is 16.2 Å². The average molecular weight is 351 g/mol. The maximum atomic E-state index is 11.7. The summed E-state index contributed by atoms with van der Waals surface area (Å²) in [4.78, 5) is 33.9. The summed E-state index contributed by atoms with van der Waals surface area (Å²) in [6, 6.07) is 3.46. The number of nitrogens with two attached hydrogens (primary N) is 1. The zero-order valence-electron chi connectivity index (χ0n) is 10.6. The number of rotatable bonds is 7. The van der Waals surface area contributed by atoms with Crippen molar-refractivity contribution in [1.82, 2.24) is 5.32 Å². The van der Waals surface area contributed by atoms with Crippen LogP contribution in [0.5, 0.6) is 0 Å². The van der Waals surface area contributed by atoms with Crippen LogP contribution in [0, 0.1) is 0 Å². The van der Waals surface area contributed by atoms with Crippen LogP contribution in [0.15, 0.2) is 23.1 Å². The Bertz CT molecular complexity index is 568.